The zero-order valence-corrected chi connectivity index (χ0v) is 17.2. The number of aromatic nitrogens is 3. The van der Waals surface area contributed by atoms with Crippen molar-refractivity contribution in [2.75, 3.05) is 37.8 Å². The first-order chi connectivity index (χ1) is 11.4. The summed E-state index contributed by atoms with van der Waals surface area (Å²) in [6, 6.07) is 1.17. The quantitative estimate of drug-likeness (QED) is 0.537. The van der Waals surface area contributed by atoms with Gasteiger partial charge in [-0.1, -0.05) is 19.6 Å². The molecule has 0 N–H and O–H groups in total. The minimum absolute atomic E-state index is 0.516. The third kappa shape index (κ3) is 4.36. The molecule has 132 valence electrons. The summed E-state index contributed by atoms with van der Waals surface area (Å²) >= 11 is 3.43. The number of rotatable bonds is 6. The highest BCUT2D eigenvalue weighted by molar-refractivity contribution is 9.10. The molecule has 6 nitrogen and oxygen atoms in total. The summed E-state index contributed by atoms with van der Waals surface area (Å²) < 4.78 is 14.2. The van der Waals surface area contributed by atoms with Crippen LogP contribution in [0.2, 0.25) is 25.7 Å². The summed E-state index contributed by atoms with van der Waals surface area (Å²) in [6.45, 7) is 11.7. The molecule has 8 heteroatoms. The first-order valence-electron chi connectivity index (χ1n) is 8.36. The van der Waals surface area contributed by atoms with E-state index >= 15 is 0 Å². The van der Waals surface area contributed by atoms with Crippen LogP contribution in [0, 0.1) is 0 Å². The molecule has 0 unspecified atom stereocenters. The van der Waals surface area contributed by atoms with Gasteiger partial charge in [-0.25, -0.2) is 9.97 Å². The first-order valence-corrected chi connectivity index (χ1v) is 12.9. The van der Waals surface area contributed by atoms with Gasteiger partial charge in [-0.05, 0) is 22.0 Å². The molecule has 0 bridgehead atoms. The fourth-order valence-electron chi connectivity index (χ4n) is 2.69. The van der Waals surface area contributed by atoms with Gasteiger partial charge in [0, 0.05) is 34.0 Å². The summed E-state index contributed by atoms with van der Waals surface area (Å²) in [5, 5.41) is 0. The standard InChI is InChI=1S/C16H25BrN4O2Si/c1-24(2,3)9-8-23-12-21-11-13(20-4-6-22-7-5-20)15-16(21)18-10-14(17)19-15/h10-11H,4-9,12H2,1-3H3. The second-order valence-corrected chi connectivity index (χ2v) is 13.7. The lowest BCUT2D eigenvalue weighted by Gasteiger charge is -2.27. The van der Waals surface area contributed by atoms with E-state index in [0.29, 0.717) is 6.73 Å². The lowest BCUT2D eigenvalue weighted by molar-refractivity contribution is 0.0898. The Labute approximate surface area is 152 Å². The second kappa shape index (κ2) is 7.51. The molecular formula is C16H25BrN4O2Si. The third-order valence-corrected chi connectivity index (χ3v) is 6.18. The summed E-state index contributed by atoms with van der Waals surface area (Å²) in [4.78, 5) is 11.5. The van der Waals surface area contributed by atoms with Gasteiger partial charge in [0.2, 0.25) is 0 Å². The van der Waals surface area contributed by atoms with Gasteiger partial charge < -0.3 is 18.9 Å². The smallest absolute Gasteiger partial charge is 0.162 e. The van der Waals surface area contributed by atoms with Crippen LogP contribution in [0.15, 0.2) is 17.0 Å². The fourth-order valence-corrected chi connectivity index (χ4v) is 3.72. The van der Waals surface area contributed by atoms with Crippen LogP contribution in [0.1, 0.15) is 0 Å². The summed E-state index contributed by atoms with van der Waals surface area (Å²) in [5.74, 6) is 0. The highest BCUT2D eigenvalue weighted by Gasteiger charge is 2.20. The molecule has 1 aliphatic heterocycles. The van der Waals surface area contributed by atoms with Crippen molar-refractivity contribution in [3.05, 3.63) is 17.0 Å². The number of fused-ring (bicyclic) bond motifs is 1. The van der Waals surface area contributed by atoms with Crippen LogP contribution in [0.25, 0.3) is 11.2 Å². The van der Waals surface area contributed by atoms with Crippen molar-refractivity contribution in [3.8, 4) is 0 Å². The molecule has 0 aliphatic carbocycles. The zero-order chi connectivity index (χ0) is 17.2. The third-order valence-electron chi connectivity index (χ3n) is 4.10. The first kappa shape index (κ1) is 17.8. The maximum absolute atomic E-state index is 5.91. The van der Waals surface area contributed by atoms with E-state index in [2.05, 4.69) is 61.2 Å². The van der Waals surface area contributed by atoms with Crippen molar-refractivity contribution in [3.63, 3.8) is 0 Å². The zero-order valence-electron chi connectivity index (χ0n) is 14.6. The number of halogens is 1. The normalized spacial score (nSPS) is 16.1. The average Bonchev–Trinajstić information content (AvgIpc) is 2.89. The van der Waals surface area contributed by atoms with Crippen LogP contribution in [0.4, 0.5) is 5.69 Å². The molecule has 0 saturated carbocycles. The molecule has 3 rings (SSSR count). The van der Waals surface area contributed by atoms with Gasteiger partial charge in [-0.15, -0.1) is 0 Å². The molecule has 24 heavy (non-hydrogen) atoms. The van der Waals surface area contributed by atoms with Crippen LogP contribution in [0.3, 0.4) is 0 Å². The highest BCUT2D eigenvalue weighted by Crippen LogP contribution is 2.28. The van der Waals surface area contributed by atoms with Crippen LogP contribution >= 0.6 is 15.9 Å². The summed E-state index contributed by atoms with van der Waals surface area (Å²) in [7, 11) is -1.07. The summed E-state index contributed by atoms with van der Waals surface area (Å²) in [5.41, 5.74) is 2.89. The minimum Gasteiger partial charge on any atom is -0.378 e. The van der Waals surface area contributed by atoms with E-state index in [-0.39, 0.29) is 0 Å². The molecule has 2 aromatic heterocycles. The van der Waals surface area contributed by atoms with E-state index in [4.69, 9.17) is 9.47 Å². The molecule has 3 heterocycles. The molecule has 0 radical (unpaired) electrons. The van der Waals surface area contributed by atoms with E-state index in [1.165, 1.54) is 6.04 Å². The number of anilines is 1. The Hall–Kier alpha value is -0.963. The Morgan fingerprint density at radius 3 is 2.75 bits per heavy atom. The van der Waals surface area contributed by atoms with E-state index < -0.39 is 8.07 Å². The van der Waals surface area contributed by atoms with Crippen LogP contribution in [-0.2, 0) is 16.2 Å². The topological polar surface area (TPSA) is 52.4 Å². The molecule has 1 saturated heterocycles. The van der Waals surface area contributed by atoms with Crippen molar-refractivity contribution in [1.82, 2.24) is 14.5 Å². The maximum Gasteiger partial charge on any atom is 0.162 e. The van der Waals surface area contributed by atoms with E-state index in [1.54, 1.807) is 6.20 Å². The largest absolute Gasteiger partial charge is 0.378 e. The van der Waals surface area contributed by atoms with Crippen molar-refractivity contribution >= 4 is 40.9 Å². The Morgan fingerprint density at radius 2 is 2.04 bits per heavy atom. The van der Waals surface area contributed by atoms with Gasteiger partial charge >= 0.3 is 0 Å². The van der Waals surface area contributed by atoms with Gasteiger partial charge in [-0.2, -0.15) is 0 Å². The lowest BCUT2D eigenvalue weighted by atomic mass is 10.3. The van der Waals surface area contributed by atoms with Crippen molar-refractivity contribution < 1.29 is 9.47 Å². The molecule has 1 fully saturated rings. The van der Waals surface area contributed by atoms with Crippen molar-refractivity contribution in [2.45, 2.75) is 32.4 Å². The van der Waals surface area contributed by atoms with E-state index in [0.717, 1.165) is 54.4 Å². The molecule has 0 amide bonds. The van der Waals surface area contributed by atoms with Gasteiger partial charge in [0.15, 0.2) is 5.65 Å². The van der Waals surface area contributed by atoms with Crippen LogP contribution < -0.4 is 4.90 Å². The average molecular weight is 413 g/mol. The van der Waals surface area contributed by atoms with E-state index in [1.807, 2.05) is 0 Å². The van der Waals surface area contributed by atoms with E-state index in [9.17, 15) is 0 Å². The molecule has 0 spiro atoms. The molecular weight excluding hydrogens is 388 g/mol. The van der Waals surface area contributed by atoms with Crippen molar-refractivity contribution in [1.29, 1.82) is 0 Å². The number of nitrogens with zero attached hydrogens (tertiary/aromatic N) is 4. The number of hydrogen-bond donors (Lipinski definition) is 0. The lowest BCUT2D eigenvalue weighted by Crippen LogP contribution is -2.36. The maximum atomic E-state index is 5.91. The predicted molar refractivity (Wildman–Crippen MR) is 102 cm³/mol. The Bertz CT molecular complexity index is 695. The summed E-state index contributed by atoms with van der Waals surface area (Å²) in [6.07, 6.45) is 3.85. The van der Waals surface area contributed by atoms with Gasteiger partial charge in [0.05, 0.1) is 25.1 Å². The second-order valence-electron chi connectivity index (χ2n) is 7.30. The Morgan fingerprint density at radius 1 is 1.29 bits per heavy atom. The Kier molecular flexibility index (Phi) is 5.58. The predicted octanol–water partition coefficient (Wildman–Crippen LogP) is 3.34. The number of ether oxygens (including phenoxy) is 2. The van der Waals surface area contributed by atoms with Gasteiger partial charge in [0.1, 0.15) is 16.9 Å². The monoisotopic (exact) mass is 412 g/mol. The Balaban J connectivity index is 1.80. The van der Waals surface area contributed by atoms with Crippen molar-refractivity contribution in [2.24, 2.45) is 0 Å². The fraction of sp³-hybridized carbons (Fsp3) is 0.625. The molecule has 0 atom stereocenters. The molecule has 0 aromatic carbocycles. The highest BCUT2D eigenvalue weighted by atomic mass is 79.9. The van der Waals surface area contributed by atoms with Gasteiger partial charge in [0.25, 0.3) is 0 Å². The minimum atomic E-state index is -1.07. The van der Waals surface area contributed by atoms with Gasteiger partial charge in [-0.3, -0.25) is 0 Å². The molecule has 1 aliphatic rings. The van der Waals surface area contributed by atoms with Crippen LogP contribution in [-0.4, -0.2) is 55.5 Å². The molecule has 2 aromatic rings. The van der Waals surface area contributed by atoms with Crippen LogP contribution in [0.5, 0.6) is 0 Å². The SMILES string of the molecule is C[Si](C)(C)CCOCn1cc(N2CCOCC2)c2nc(Br)cnc21. The number of hydrogen-bond acceptors (Lipinski definition) is 5. The number of morpholine rings is 1.